The van der Waals surface area contributed by atoms with E-state index < -0.39 is 0 Å². The molecule has 4 heteroatoms. The van der Waals surface area contributed by atoms with Gasteiger partial charge in [-0.3, -0.25) is 4.98 Å². The van der Waals surface area contributed by atoms with E-state index in [9.17, 15) is 4.39 Å². The summed E-state index contributed by atoms with van der Waals surface area (Å²) in [5.74, 6) is 2.36. The van der Waals surface area contributed by atoms with Crippen molar-refractivity contribution in [3.63, 3.8) is 0 Å². The van der Waals surface area contributed by atoms with Crippen LogP contribution in [0.1, 0.15) is 55.8 Å². The standard InChI is InChI=1S/C28H26FN3/c1-17(28-31-26-14-20-4-2-3-5-21(20)15-27(26)32-28)18-6-8-19(9-7-18)23-12-13-30-25-11-10-22(29)16-24(23)25/h2-5,10-19H,6-9H2,1H3,(H,31,32)/t17-,18?,19?/m1/s1. The molecule has 0 aliphatic heterocycles. The van der Waals surface area contributed by atoms with Crippen LogP contribution in [0.2, 0.25) is 0 Å². The Hall–Kier alpha value is -3.27. The summed E-state index contributed by atoms with van der Waals surface area (Å²) in [7, 11) is 0. The Balaban J connectivity index is 1.22. The summed E-state index contributed by atoms with van der Waals surface area (Å²) in [6, 6.07) is 19.8. The van der Waals surface area contributed by atoms with Crippen LogP contribution < -0.4 is 0 Å². The number of halogens is 1. The Kier molecular flexibility index (Phi) is 4.67. The van der Waals surface area contributed by atoms with Crippen LogP contribution in [-0.2, 0) is 0 Å². The number of hydrogen-bond acceptors (Lipinski definition) is 2. The average molecular weight is 424 g/mol. The fraction of sp³-hybridized carbons (Fsp3) is 0.286. The number of nitrogens with one attached hydrogen (secondary N) is 1. The molecule has 0 unspecified atom stereocenters. The lowest BCUT2D eigenvalue weighted by Crippen LogP contribution is -2.19. The van der Waals surface area contributed by atoms with Crippen LogP contribution in [0.5, 0.6) is 0 Å². The molecule has 0 radical (unpaired) electrons. The highest BCUT2D eigenvalue weighted by Gasteiger charge is 2.29. The van der Waals surface area contributed by atoms with Gasteiger partial charge in [-0.1, -0.05) is 31.2 Å². The van der Waals surface area contributed by atoms with Crippen molar-refractivity contribution in [1.82, 2.24) is 15.0 Å². The molecular formula is C28H26FN3. The number of pyridine rings is 1. The monoisotopic (exact) mass is 423 g/mol. The SMILES string of the molecule is C[C@@H](c1nc2cc3ccccc3cc2[nH]1)C1CCC(c2ccnc3ccc(F)cc23)CC1. The summed E-state index contributed by atoms with van der Waals surface area (Å²) < 4.78 is 13.9. The average Bonchev–Trinajstić information content (AvgIpc) is 3.24. The third-order valence-corrected chi connectivity index (χ3v) is 7.46. The second-order valence-electron chi connectivity index (χ2n) is 9.30. The Morgan fingerprint density at radius 3 is 2.50 bits per heavy atom. The first-order valence-corrected chi connectivity index (χ1v) is 11.6. The van der Waals surface area contributed by atoms with Crippen molar-refractivity contribution in [3.8, 4) is 0 Å². The van der Waals surface area contributed by atoms with Crippen molar-refractivity contribution in [2.24, 2.45) is 5.92 Å². The Bertz CT molecular complexity index is 1380. The summed E-state index contributed by atoms with van der Waals surface area (Å²) in [5.41, 5.74) is 4.29. The Morgan fingerprint density at radius 2 is 1.69 bits per heavy atom. The highest BCUT2D eigenvalue weighted by atomic mass is 19.1. The third kappa shape index (κ3) is 3.35. The molecule has 6 rings (SSSR count). The number of benzene rings is 3. The molecule has 1 aliphatic rings. The summed E-state index contributed by atoms with van der Waals surface area (Å²) in [4.78, 5) is 13.0. The smallest absolute Gasteiger partial charge is 0.123 e. The molecule has 0 amide bonds. The lowest BCUT2D eigenvalue weighted by atomic mass is 9.73. The van der Waals surface area contributed by atoms with Crippen molar-refractivity contribution >= 4 is 32.7 Å². The zero-order chi connectivity index (χ0) is 21.7. The van der Waals surface area contributed by atoms with E-state index in [1.807, 2.05) is 6.20 Å². The van der Waals surface area contributed by atoms with Crippen LogP contribution in [0.25, 0.3) is 32.7 Å². The summed E-state index contributed by atoms with van der Waals surface area (Å²) in [5, 5.41) is 3.44. The van der Waals surface area contributed by atoms with Crippen molar-refractivity contribution in [2.45, 2.75) is 44.4 Å². The molecule has 3 nitrogen and oxygen atoms in total. The maximum Gasteiger partial charge on any atom is 0.123 e. The van der Waals surface area contributed by atoms with Crippen molar-refractivity contribution < 1.29 is 4.39 Å². The van der Waals surface area contributed by atoms with Crippen LogP contribution in [0, 0.1) is 11.7 Å². The minimum Gasteiger partial charge on any atom is -0.342 e. The van der Waals surface area contributed by atoms with Crippen molar-refractivity contribution in [1.29, 1.82) is 0 Å². The number of rotatable bonds is 3. The fourth-order valence-electron chi connectivity index (χ4n) is 5.58. The molecule has 32 heavy (non-hydrogen) atoms. The van der Waals surface area contributed by atoms with E-state index in [-0.39, 0.29) is 5.82 Å². The minimum absolute atomic E-state index is 0.188. The molecule has 5 aromatic rings. The van der Waals surface area contributed by atoms with E-state index in [2.05, 4.69) is 59.4 Å². The topological polar surface area (TPSA) is 41.6 Å². The number of H-pyrrole nitrogens is 1. The highest BCUT2D eigenvalue weighted by molar-refractivity contribution is 5.95. The molecule has 1 fully saturated rings. The molecule has 1 N–H and O–H groups in total. The quantitative estimate of drug-likeness (QED) is 0.327. The molecule has 2 aromatic heterocycles. The predicted octanol–water partition coefficient (Wildman–Crippen LogP) is 7.48. The van der Waals surface area contributed by atoms with Gasteiger partial charge < -0.3 is 4.98 Å². The molecule has 1 saturated carbocycles. The van der Waals surface area contributed by atoms with E-state index in [1.165, 1.54) is 22.4 Å². The molecule has 0 spiro atoms. The molecule has 2 heterocycles. The largest absolute Gasteiger partial charge is 0.342 e. The van der Waals surface area contributed by atoms with Crippen LogP contribution >= 0.6 is 0 Å². The van der Waals surface area contributed by atoms with Gasteiger partial charge in [-0.15, -0.1) is 0 Å². The second kappa shape index (κ2) is 7.70. The van der Waals surface area contributed by atoms with Gasteiger partial charge in [0.1, 0.15) is 11.6 Å². The normalized spacial score (nSPS) is 20.2. The minimum atomic E-state index is -0.188. The van der Waals surface area contributed by atoms with Gasteiger partial charge >= 0.3 is 0 Å². The summed E-state index contributed by atoms with van der Waals surface area (Å²) in [6.07, 6.45) is 6.42. The maximum atomic E-state index is 13.9. The van der Waals surface area contributed by atoms with Gasteiger partial charge in [0.05, 0.1) is 16.6 Å². The van der Waals surface area contributed by atoms with Gasteiger partial charge in [-0.25, -0.2) is 9.37 Å². The molecule has 160 valence electrons. The zero-order valence-corrected chi connectivity index (χ0v) is 18.2. The molecule has 3 aromatic carbocycles. The zero-order valence-electron chi connectivity index (χ0n) is 18.2. The second-order valence-corrected chi connectivity index (χ2v) is 9.30. The van der Waals surface area contributed by atoms with Crippen LogP contribution in [0.4, 0.5) is 4.39 Å². The van der Waals surface area contributed by atoms with Gasteiger partial charge in [0.2, 0.25) is 0 Å². The Labute approximate surface area is 186 Å². The molecule has 0 saturated heterocycles. The molecule has 1 aliphatic carbocycles. The third-order valence-electron chi connectivity index (χ3n) is 7.46. The van der Waals surface area contributed by atoms with Crippen LogP contribution in [0.3, 0.4) is 0 Å². The highest BCUT2D eigenvalue weighted by Crippen LogP contribution is 2.43. The van der Waals surface area contributed by atoms with E-state index in [1.54, 1.807) is 12.1 Å². The van der Waals surface area contributed by atoms with Gasteiger partial charge in [0.15, 0.2) is 0 Å². The number of imidazole rings is 1. The first kappa shape index (κ1) is 19.4. The van der Waals surface area contributed by atoms with Gasteiger partial charge in [-0.05, 0) is 90.3 Å². The van der Waals surface area contributed by atoms with E-state index in [4.69, 9.17) is 4.98 Å². The first-order chi connectivity index (χ1) is 15.7. The van der Waals surface area contributed by atoms with Gasteiger partial charge in [-0.2, -0.15) is 0 Å². The lowest BCUT2D eigenvalue weighted by molar-refractivity contribution is 0.286. The van der Waals surface area contributed by atoms with Gasteiger partial charge in [0, 0.05) is 17.5 Å². The lowest BCUT2D eigenvalue weighted by Gasteiger charge is -2.32. The molecular weight excluding hydrogens is 397 g/mol. The number of aromatic nitrogens is 3. The Morgan fingerprint density at radius 1 is 0.906 bits per heavy atom. The van der Waals surface area contributed by atoms with Crippen molar-refractivity contribution in [2.75, 3.05) is 0 Å². The number of hydrogen-bond donors (Lipinski definition) is 1. The van der Waals surface area contributed by atoms with Crippen LogP contribution in [-0.4, -0.2) is 15.0 Å². The van der Waals surface area contributed by atoms with Gasteiger partial charge in [0.25, 0.3) is 0 Å². The number of fused-ring (bicyclic) bond motifs is 3. The first-order valence-electron chi connectivity index (χ1n) is 11.6. The summed E-state index contributed by atoms with van der Waals surface area (Å²) >= 11 is 0. The summed E-state index contributed by atoms with van der Waals surface area (Å²) in [6.45, 7) is 2.31. The van der Waals surface area contributed by atoms with E-state index >= 15 is 0 Å². The predicted molar refractivity (Wildman–Crippen MR) is 128 cm³/mol. The van der Waals surface area contributed by atoms with E-state index in [0.717, 1.165) is 53.4 Å². The number of nitrogens with zero attached hydrogens (tertiary/aromatic N) is 2. The van der Waals surface area contributed by atoms with Crippen molar-refractivity contribution in [3.05, 3.63) is 84.1 Å². The van der Waals surface area contributed by atoms with E-state index in [0.29, 0.717) is 17.8 Å². The fourth-order valence-corrected chi connectivity index (χ4v) is 5.58. The molecule has 0 bridgehead atoms. The number of aromatic amines is 1. The van der Waals surface area contributed by atoms with Crippen LogP contribution in [0.15, 0.2) is 66.9 Å². The maximum absolute atomic E-state index is 13.9. The molecule has 1 atom stereocenters.